The highest BCUT2D eigenvalue weighted by molar-refractivity contribution is 5.69. The number of hydrogen-bond acceptors (Lipinski definition) is 6. The lowest BCUT2D eigenvalue weighted by atomic mass is 9.44. The highest BCUT2D eigenvalue weighted by Gasteiger charge is 2.67. The van der Waals surface area contributed by atoms with Crippen LogP contribution in [0.25, 0.3) is 0 Å². The molecule has 2 heterocycles. The molecule has 0 amide bonds. The highest BCUT2D eigenvalue weighted by Crippen LogP contribution is 2.67. The third-order valence-corrected chi connectivity index (χ3v) is 14.4. The fraction of sp³-hybridized carbons (Fsp3) is 0.895. The molecule has 46 heavy (non-hydrogen) atoms. The summed E-state index contributed by atoms with van der Waals surface area (Å²) in [5, 5.41) is 0. The van der Waals surface area contributed by atoms with Crippen LogP contribution in [0.1, 0.15) is 111 Å². The number of esters is 2. The van der Waals surface area contributed by atoms with E-state index in [-0.39, 0.29) is 58.0 Å². The highest BCUT2D eigenvalue weighted by atomic mass is 79.9. The number of carbonyl (C=O) groups excluding carboxylic acids is 2. The second kappa shape index (κ2) is 14.9. The molecule has 6 aliphatic rings. The van der Waals surface area contributed by atoms with Crippen LogP contribution in [-0.4, -0.2) is 91.6 Å². The summed E-state index contributed by atoms with van der Waals surface area (Å²) in [7, 11) is 0. The van der Waals surface area contributed by atoms with E-state index in [1.807, 2.05) is 13.8 Å². The summed E-state index contributed by atoms with van der Waals surface area (Å²) in [5.41, 5.74) is 0.252. The molecule has 262 valence electrons. The number of likely N-dealkylation sites (tertiary alicyclic amines) is 1. The van der Waals surface area contributed by atoms with Crippen molar-refractivity contribution in [2.75, 3.05) is 45.9 Å². The molecule has 6 fully saturated rings. The van der Waals surface area contributed by atoms with Gasteiger partial charge in [0.25, 0.3) is 0 Å². The van der Waals surface area contributed by atoms with Gasteiger partial charge in [0.15, 0.2) is 6.10 Å². The molecule has 8 heteroatoms. The van der Waals surface area contributed by atoms with E-state index in [0.717, 1.165) is 56.6 Å². The number of quaternary nitrogens is 1. The van der Waals surface area contributed by atoms with Gasteiger partial charge in [-0.05, 0) is 99.4 Å². The lowest BCUT2D eigenvalue weighted by molar-refractivity contribution is -0.948. The van der Waals surface area contributed by atoms with Crippen molar-refractivity contribution in [3.05, 3.63) is 12.7 Å². The van der Waals surface area contributed by atoms with Crippen LogP contribution in [0, 0.1) is 34.5 Å². The minimum atomic E-state index is -0.0567. The Morgan fingerprint density at radius 1 is 0.913 bits per heavy atom. The van der Waals surface area contributed by atoms with E-state index in [9.17, 15) is 9.59 Å². The molecule has 0 aromatic rings. The van der Waals surface area contributed by atoms with Gasteiger partial charge >= 0.3 is 11.9 Å². The van der Waals surface area contributed by atoms with Gasteiger partial charge in [-0.1, -0.05) is 34.3 Å². The van der Waals surface area contributed by atoms with Gasteiger partial charge in [-0.2, -0.15) is 0 Å². The van der Waals surface area contributed by atoms with Gasteiger partial charge in [-0.15, -0.1) is 0 Å². The summed E-state index contributed by atoms with van der Waals surface area (Å²) in [6.45, 7) is 20.0. The molecule has 0 aromatic heterocycles. The lowest BCUT2D eigenvalue weighted by Gasteiger charge is -2.62. The van der Waals surface area contributed by atoms with E-state index in [1.54, 1.807) is 0 Å². The molecular formula is C38H63BrN2O5. The molecule has 0 N–H and O–H groups in total. The summed E-state index contributed by atoms with van der Waals surface area (Å²) in [4.78, 5) is 28.3. The molecule has 4 saturated carbocycles. The Hall–Kier alpha value is -0.960. The monoisotopic (exact) mass is 706 g/mol. The van der Waals surface area contributed by atoms with Crippen molar-refractivity contribution in [3.63, 3.8) is 0 Å². The van der Waals surface area contributed by atoms with Crippen molar-refractivity contribution in [2.45, 2.75) is 135 Å². The quantitative estimate of drug-likeness (QED) is 0.219. The predicted molar refractivity (Wildman–Crippen MR) is 176 cm³/mol. The molecule has 2 aliphatic heterocycles. The number of carbonyl (C=O) groups is 2. The zero-order chi connectivity index (χ0) is 31.8. The van der Waals surface area contributed by atoms with Crippen LogP contribution in [0.3, 0.4) is 0 Å². The number of ether oxygens (including phenoxy) is 3. The standard InChI is InChI=1S/C38H63N2O5.BrH/c1-6-19-40(20-11-9-10-12-21-40)32-25-30-28-14-13-27-24-33(44-34(41)7-2)31(39-17-22-43-23-18-39)26-38(27,5)29(28)15-16-37(30,4)36(32)45-35(42)8-3;/h6,27-33,36H,1,7-26H2,2-5H3;1H/q+1;/p-1/t27-,28?,29?,30?,31-,32-,33-,36-,37-,38-;/m0./s1. The zero-order valence-corrected chi connectivity index (χ0v) is 30.9. The van der Waals surface area contributed by atoms with E-state index < -0.39 is 0 Å². The molecule has 0 spiro atoms. The number of nitrogens with zero attached hydrogens (tertiary/aromatic N) is 2. The van der Waals surface area contributed by atoms with Crippen LogP contribution in [0.2, 0.25) is 0 Å². The first kappa shape index (κ1) is 36.3. The largest absolute Gasteiger partial charge is 1.00 e. The molecule has 0 bridgehead atoms. The fourth-order valence-corrected chi connectivity index (χ4v) is 12.1. The Morgan fingerprint density at radius 2 is 1.59 bits per heavy atom. The van der Waals surface area contributed by atoms with E-state index in [1.165, 1.54) is 64.5 Å². The first-order chi connectivity index (χ1) is 21.7. The van der Waals surface area contributed by atoms with E-state index in [2.05, 4.69) is 31.4 Å². The molecule has 0 aromatic carbocycles. The fourth-order valence-electron chi connectivity index (χ4n) is 12.1. The summed E-state index contributed by atoms with van der Waals surface area (Å²) in [5.74, 6) is 2.41. The average Bonchev–Trinajstić information content (AvgIpc) is 3.17. The Balaban J connectivity index is 0.00000417. The normalized spacial score (nSPS) is 42.3. The number of hydrogen-bond donors (Lipinski definition) is 0. The second-order valence-electron chi connectivity index (χ2n) is 16.4. The van der Waals surface area contributed by atoms with Crippen LogP contribution < -0.4 is 17.0 Å². The molecule has 4 aliphatic carbocycles. The van der Waals surface area contributed by atoms with Gasteiger partial charge in [0.05, 0.1) is 32.8 Å². The first-order valence-corrected chi connectivity index (χ1v) is 18.9. The smallest absolute Gasteiger partial charge is 0.306 e. The van der Waals surface area contributed by atoms with Crippen LogP contribution in [0.4, 0.5) is 0 Å². The third-order valence-electron chi connectivity index (χ3n) is 14.4. The zero-order valence-electron chi connectivity index (χ0n) is 29.4. The summed E-state index contributed by atoms with van der Waals surface area (Å²) >= 11 is 0. The van der Waals surface area contributed by atoms with E-state index in [4.69, 9.17) is 14.2 Å². The Bertz CT molecular complexity index is 1070. The van der Waals surface area contributed by atoms with Crippen molar-refractivity contribution in [3.8, 4) is 0 Å². The lowest BCUT2D eigenvalue weighted by Crippen LogP contribution is -3.00. The number of fused-ring (bicyclic) bond motifs is 5. The summed E-state index contributed by atoms with van der Waals surface area (Å²) < 4.78 is 19.7. The molecule has 7 nitrogen and oxygen atoms in total. The Labute approximate surface area is 289 Å². The second-order valence-corrected chi connectivity index (χ2v) is 16.4. The van der Waals surface area contributed by atoms with E-state index in [0.29, 0.717) is 42.6 Å². The molecule has 6 rings (SSSR count). The van der Waals surface area contributed by atoms with Gasteiger partial charge in [0, 0.05) is 43.8 Å². The molecular weight excluding hydrogens is 644 g/mol. The average molecular weight is 708 g/mol. The molecule has 0 radical (unpaired) electrons. The van der Waals surface area contributed by atoms with Crippen molar-refractivity contribution in [2.24, 2.45) is 34.5 Å². The van der Waals surface area contributed by atoms with E-state index >= 15 is 0 Å². The first-order valence-electron chi connectivity index (χ1n) is 18.9. The van der Waals surface area contributed by atoms with Crippen LogP contribution >= 0.6 is 0 Å². The maximum absolute atomic E-state index is 13.1. The van der Waals surface area contributed by atoms with Gasteiger partial charge in [-0.25, -0.2) is 0 Å². The summed E-state index contributed by atoms with van der Waals surface area (Å²) in [6.07, 6.45) is 16.3. The SMILES string of the molecule is C=CC[N+]1([C@H]2CC3C4CC[C@H]5C[C@H](OC(=O)CC)[C@@H](N6CCOCC6)C[C@]5(C)C4CC[C@]3(C)[C@H]2OC(=O)CC)CCCCCC1.[Br-]. The molecule has 2 saturated heterocycles. The molecule has 3 unspecified atom stereocenters. The molecule has 10 atom stereocenters. The Morgan fingerprint density at radius 3 is 2.24 bits per heavy atom. The van der Waals surface area contributed by atoms with Crippen LogP contribution in [0.15, 0.2) is 12.7 Å². The predicted octanol–water partition coefficient (Wildman–Crippen LogP) is 3.54. The minimum absolute atomic E-state index is 0. The van der Waals surface area contributed by atoms with Crippen molar-refractivity contribution < 1.29 is 45.3 Å². The topological polar surface area (TPSA) is 65.1 Å². The minimum Gasteiger partial charge on any atom is -1.00 e. The van der Waals surface area contributed by atoms with Gasteiger partial charge < -0.3 is 35.7 Å². The van der Waals surface area contributed by atoms with Crippen molar-refractivity contribution >= 4 is 11.9 Å². The van der Waals surface area contributed by atoms with Gasteiger partial charge in [0.2, 0.25) is 0 Å². The Kier molecular flexibility index (Phi) is 11.8. The number of rotatable bonds is 8. The maximum Gasteiger partial charge on any atom is 0.306 e. The van der Waals surface area contributed by atoms with Crippen molar-refractivity contribution in [1.82, 2.24) is 4.90 Å². The van der Waals surface area contributed by atoms with Crippen LogP contribution in [-0.2, 0) is 23.8 Å². The third kappa shape index (κ3) is 6.52. The summed E-state index contributed by atoms with van der Waals surface area (Å²) in [6, 6.07) is 0.631. The number of halogens is 1. The van der Waals surface area contributed by atoms with Gasteiger partial charge in [-0.3, -0.25) is 14.5 Å². The maximum atomic E-state index is 13.1. The van der Waals surface area contributed by atoms with Crippen LogP contribution in [0.5, 0.6) is 0 Å². The van der Waals surface area contributed by atoms with Gasteiger partial charge in [0.1, 0.15) is 12.1 Å². The van der Waals surface area contributed by atoms with Crippen molar-refractivity contribution in [1.29, 1.82) is 0 Å². The number of morpholine rings is 1.